The molecular formula is C15H16ClN3O3. The number of carbonyl (C=O) groups is 2. The molecule has 7 heteroatoms. The predicted molar refractivity (Wildman–Crippen MR) is 83.8 cm³/mol. The summed E-state index contributed by atoms with van der Waals surface area (Å²) in [5.74, 6) is -0.350. The molecule has 0 spiro atoms. The molecule has 116 valence electrons. The van der Waals surface area contributed by atoms with Crippen molar-refractivity contribution in [3.63, 3.8) is 0 Å². The molecule has 0 aliphatic heterocycles. The van der Waals surface area contributed by atoms with E-state index in [9.17, 15) is 9.59 Å². The van der Waals surface area contributed by atoms with Gasteiger partial charge in [-0.05, 0) is 24.6 Å². The van der Waals surface area contributed by atoms with Crippen molar-refractivity contribution in [2.24, 2.45) is 0 Å². The Morgan fingerprint density at radius 3 is 2.73 bits per heavy atom. The number of benzene rings is 1. The lowest BCUT2D eigenvalue weighted by Crippen LogP contribution is -2.15. The fourth-order valence-electron chi connectivity index (χ4n) is 1.84. The van der Waals surface area contributed by atoms with Crippen molar-refractivity contribution < 1.29 is 14.1 Å². The van der Waals surface area contributed by atoms with Crippen molar-refractivity contribution in [1.82, 2.24) is 5.16 Å². The maximum atomic E-state index is 11.9. The zero-order valence-electron chi connectivity index (χ0n) is 12.1. The van der Waals surface area contributed by atoms with E-state index in [1.165, 1.54) is 6.26 Å². The largest absolute Gasteiger partial charge is 0.364 e. The van der Waals surface area contributed by atoms with Gasteiger partial charge in [-0.2, -0.15) is 0 Å². The zero-order chi connectivity index (χ0) is 15.9. The minimum Gasteiger partial charge on any atom is -0.364 e. The smallest absolute Gasteiger partial charge is 0.230 e. The molecule has 22 heavy (non-hydrogen) atoms. The van der Waals surface area contributed by atoms with Gasteiger partial charge in [-0.25, -0.2) is 0 Å². The van der Waals surface area contributed by atoms with Crippen LogP contribution in [0.4, 0.5) is 11.4 Å². The molecule has 0 unspecified atom stereocenters. The van der Waals surface area contributed by atoms with Crippen molar-refractivity contribution in [2.75, 3.05) is 10.6 Å². The summed E-state index contributed by atoms with van der Waals surface area (Å²) in [6.07, 6.45) is 2.69. The Balaban J connectivity index is 2.03. The number of nitrogens with one attached hydrogen (secondary N) is 2. The van der Waals surface area contributed by atoms with Crippen LogP contribution in [-0.4, -0.2) is 17.0 Å². The van der Waals surface area contributed by atoms with Crippen LogP contribution < -0.4 is 10.6 Å². The van der Waals surface area contributed by atoms with Crippen LogP contribution in [0.1, 0.15) is 25.5 Å². The van der Waals surface area contributed by atoms with Gasteiger partial charge < -0.3 is 15.2 Å². The minimum atomic E-state index is -0.271. The van der Waals surface area contributed by atoms with Gasteiger partial charge in [-0.1, -0.05) is 23.7 Å². The first-order valence-corrected chi connectivity index (χ1v) is 7.24. The highest BCUT2D eigenvalue weighted by atomic mass is 35.5. The first-order chi connectivity index (χ1) is 10.6. The molecule has 1 aromatic carbocycles. The molecule has 0 radical (unpaired) electrons. The summed E-state index contributed by atoms with van der Waals surface area (Å²) < 4.78 is 4.67. The van der Waals surface area contributed by atoms with Gasteiger partial charge in [0, 0.05) is 18.2 Å². The van der Waals surface area contributed by atoms with Gasteiger partial charge in [0.25, 0.3) is 0 Å². The van der Waals surface area contributed by atoms with E-state index in [2.05, 4.69) is 20.3 Å². The topological polar surface area (TPSA) is 84.2 Å². The van der Waals surface area contributed by atoms with Crippen LogP contribution in [0.5, 0.6) is 0 Å². The third-order valence-corrected chi connectivity index (χ3v) is 3.16. The van der Waals surface area contributed by atoms with Crippen LogP contribution in [0.25, 0.3) is 0 Å². The van der Waals surface area contributed by atoms with E-state index < -0.39 is 0 Å². The highest BCUT2D eigenvalue weighted by Crippen LogP contribution is 2.25. The monoisotopic (exact) mass is 321 g/mol. The highest BCUT2D eigenvalue weighted by molar-refractivity contribution is 6.33. The van der Waals surface area contributed by atoms with Gasteiger partial charge in [0.2, 0.25) is 11.8 Å². The maximum absolute atomic E-state index is 11.9. The normalized spacial score (nSPS) is 10.3. The molecule has 0 atom stereocenters. The van der Waals surface area contributed by atoms with Gasteiger partial charge in [-0.15, -0.1) is 0 Å². The van der Waals surface area contributed by atoms with E-state index >= 15 is 0 Å². The summed E-state index contributed by atoms with van der Waals surface area (Å²) in [6, 6.07) is 6.54. The Bertz CT molecular complexity index is 656. The lowest BCUT2D eigenvalue weighted by molar-refractivity contribution is -0.116. The number of hydrogen-bond acceptors (Lipinski definition) is 4. The van der Waals surface area contributed by atoms with E-state index in [0.29, 0.717) is 28.5 Å². The second-order valence-electron chi connectivity index (χ2n) is 4.71. The molecule has 0 saturated heterocycles. The SMILES string of the molecule is CCCC(=O)Nc1ccc(Cl)c(NC(=O)Cc2ccon2)c1. The third-order valence-electron chi connectivity index (χ3n) is 2.83. The minimum absolute atomic E-state index is 0.0790. The second-order valence-corrected chi connectivity index (χ2v) is 5.12. The van der Waals surface area contributed by atoms with Crippen LogP contribution in [0, 0.1) is 0 Å². The Kier molecular flexibility index (Phi) is 5.55. The van der Waals surface area contributed by atoms with Crippen molar-refractivity contribution in [2.45, 2.75) is 26.2 Å². The number of aromatic nitrogens is 1. The average Bonchev–Trinajstić information content (AvgIpc) is 2.95. The van der Waals surface area contributed by atoms with Crippen molar-refractivity contribution in [3.8, 4) is 0 Å². The highest BCUT2D eigenvalue weighted by Gasteiger charge is 2.10. The van der Waals surface area contributed by atoms with E-state index in [-0.39, 0.29) is 18.2 Å². The van der Waals surface area contributed by atoms with Gasteiger partial charge in [0.1, 0.15) is 6.26 Å². The predicted octanol–water partition coefficient (Wildman–Crippen LogP) is 3.25. The van der Waals surface area contributed by atoms with E-state index in [1.54, 1.807) is 24.3 Å². The van der Waals surface area contributed by atoms with Crippen LogP contribution in [0.2, 0.25) is 5.02 Å². The molecule has 1 aromatic heterocycles. The van der Waals surface area contributed by atoms with Crippen molar-refractivity contribution >= 4 is 34.8 Å². The first kappa shape index (κ1) is 16.0. The molecule has 6 nitrogen and oxygen atoms in total. The number of halogens is 1. The average molecular weight is 322 g/mol. The van der Waals surface area contributed by atoms with Gasteiger partial charge in [-0.3, -0.25) is 9.59 Å². The van der Waals surface area contributed by atoms with Gasteiger partial charge >= 0.3 is 0 Å². The Morgan fingerprint density at radius 1 is 1.23 bits per heavy atom. The van der Waals surface area contributed by atoms with Crippen molar-refractivity contribution in [1.29, 1.82) is 0 Å². The summed E-state index contributed by atoms with van der Waals surface area (Å²) in [7, 11) is 0. The molecule has 2 aromatic rings. The lowest BCUT2D eigenvalue weighted by Gasteiger charge is -2.10. The fourth-order valence-corrected chi connectivity index (χ4v) is 2.00. The first-order valence-electron chi connectivity index (χ1n) is 6.87. The van der Waals surface area contributed by atoms with E-state index in [4.69, 9.17) is 11.6 Å². The zero-order valence-corrected chi connectivity index (χ0v) is 12.8. The van der Waals surface area contributed by atoms with Gasteiger partial charge in [0.15, 0.2) is 0 Å². The Hall–Kier alpha value is -2.34. The lowest BCUT2D eigenvalue weighted by atomic mass is 10.2. The molecule has 1 heterocycles. The number of carbonyl (C=O) groups excluding carboxylic acids is 2. The third kappa shape index (κ3) is 4.60. The molecule has 0 bridgehead atoms. The standard InChI is InChI=1S/C15H16ClN3O3/c1-2-3-14(20)17-10-4-5-12(16)13(8-10)18-15(21)9-11-6-7-22-19-11/h4-8H,2-3,9H2,1H3,(H,17,20)(H,18,21). The van der Waals surface area contributed by atoms with Crippen molar-refractivity contribution in [3.05, 3.63) is 41.2 Å². The molecule has 0 aliphatic carbocycles. The molecule has 2 amide bonds. The van der Waals surface area contributed by atoms with Crippen LogP contribution in [0.15, 0.2) is 35.1 Å². The Labute approximate surface area is 132 Å². The number of nitrogens with zero attached hydrogens (tertiary/aromatic N) is 1. The summed E-state index contributed by atoms with van der Waals surface area (Å²) >= 11 is 6.06. The summed E-state index contributed by atoms with van der Waals surface area (Å²) in [4.78, 5) is 23.5. The summed E-state index contributed by atoms with van der Waals surface area (Å²) in [5.41, 5.74) is 1.55. The molecule has 2 rings (SSSR count). The summed E-state index contributed by atoms with van der Waals surface area (Å²) in [5, 5.41) is 9.51. The molecule has 0 fully saturated rings. The number of hydrogen-bond donors (Lipinski definition) is 2. The maximum Gasteiger partial charge on any atom is 0.230 e. The molecule has 2 N–H and O–H groups in total. The van der Waals surface area contributed by atoms with E-state index in [1.807, 2.05) is 6.92 Å². The number of amides is 2. The van der Waals surface area contributed by atoms with Crippen LogP contribution in [0.3, 0.4) is 0 Å². The number of anilines is 2. The van der Waals surface area contributed by atoms with Crippen LogP contribution >= 0.6 is 11.6 Å². The second kappa shape index (κ2) is 7.61. The van der Waals surface area contributed by atoms with E-state index in [0.717, 1.165) is 6.42 Å². The van der Waals surface area contributed by atoms with Crippen LogP contribution in [-0.2, 0) is 16.0 Å². The molecular weight excluding hydrogens is 306 g/mol. The fraction of sp³-hybridized carbons (Fsp3) is 0.267. The molecule has 0 saturated carbocycles. The summed E-state index contributed by atoms with van der Waals surface area (Å²) in [6.45, 7) is 1.93. The van der Waals surface area contributed by atoms with Gasteiger partial charge in [0.05, 0.1) is 22.8 Å². The Morgan fingerprint density at radius 2 is 2.05 bits per heavy atom. The molecule has 0 aliphatic rings. The quantitative estimate of drug-likeness (QED) is 0.855. The number of rotatable bonds is 6.